The SMILES string of the molecule is CN=C(NCc1ccccc1Cn1cccn1)NCC1CCN(C)C1. The van der Waals surface area contributed by atoms with E-state index in [-0.39, 0.29) is 0 Å². The number of hydrogen-bond donors (Lipinski definition) is 2. The highest BCUT2D eigenvalue weighted by atomic mass is 15.3. The summed E-state index contributed by atoms with van der Waals surface area (Å²) in [6.07, 6.45) is 5.06. The maximum Gasteiger partial charge on any atom is 0.191 e. The van der Waals surface area contributed by atoms with E-state index in [0.717, 1.165) is 32.1 Å². The Hall–Kier alpha value is -2.34. The van der Waals surface area contributed by atoms with Gasteiger partial charge in [-0.15, -0.1) is 0 Å². The van der Waals surface area contributed by atoms with Gasteiger partial charge < -0.3 is 15.5 Å². The molecule has 0 bridgehead atoms. The van der Waals surface area contributed by atoms with Crippen molar-refractivity contribution in [2.45, 2.75) is 19.5 Å². The van der Waals surface area contributed by atoms with Crippen molar-refractivity contribution >= 4 is 5.96 Å². The van der Waals surface area contributed by atoms with Crippen LogP contribution in [0.5, 0.6) is 0 Å². The molecular formula is C19H28N6. The van der Waals surface area contributed by atoms with Gasteiger partial charge in [-0.3, -0.25) is 9.67 Å². The van der Waals surface area contributed by atoms with Crippen LogP contribution in [0.1, 0.15) is 17.5 Å². The third-order valence-electron chi connectivity index (χ3n) is 4.73. The van der Waals surface area contributed by atoms with Crippen molar-refractivity contribution < 1.29 is 0 Å². The Morgan fingerprint density at radius 1 is 1.24 bits per heavy atom. The van der Waals surface area contributed by atoms with Gasteiger partial charge in [-0.25, -0.2) is 0 Å². The molecule has 6 heteroatoms. The van der Waals surface area contributed by atoms with Gasteiger partial charge in [0.15, 0.2) is 5.96 Å². The number of likely N-dealkylation sites (tertiary alicyclic amines) is 1. The average molecular weight is 340 g/mol. The summed E-state index contributed by atoms with van der Waals surface area (Å²) in [5.41, 5.74) is 2.54. The standard InChI is InChI=1S/C19H28N6/c1-20-19(21-12-16-8-11-24(2)14-16)22-13-17-6-3-4-7-18(17)15-25-10-5-9-23-25/h3-7,9-10,16H,8,11-15H2,1-2H3,(H2,20,21,22). The molecular weight excluding hydrogens is 312 g/mol. The number of nitrogens with zero attached hydrogens (tertiary/aromatic N) is 4. The number of benzene rings is 1. The Bertz CT molecular complexity index is 679. The zero-order valence-corrected chi connectivity index (χ0v) is 15.2. The van der Waals surface area contributed by atoms with E-state index in [1.54, 1.807) is 0 Å². The zero-order chi connectivity index (χ0) is 17.5. The van der Waals surface area contributed by atoms with Gasteiger partial charge in [-0.1, -0.05) is 24.3 Å². The molecule has 1 saturated heterocycles. The van der Waals surface area contributed by atoms with E-state index in [4.69, 9.17) is 0 Å². The number of hydrogen-bond acceptors (Lipinski definition) is 3. The lowest BCUT2D eigenvalue weighted by molar-refractivity contribution is 0.394. The van der Waals surface area contributed by atoms with E-state index in [1.807, 2.05) is 30.2 Å². The lowest BCUT2D eigenvalue weighted by Gasteiger charge is -2.16. The van der Waals surface area contributed by atoms with E-state index >= 15 is 0 Å². The fraction of sp³-hybridized carbons (Fsp3) is 0.474. The summed E-state index contributed by atoms with van der Waals surface area (Å²) >= 11 is 0. The van der Waals surface area contributed by atoms with Crippen LogP contribution in [0.25, 0.3) is 0 Å². The molecule has 0 radical (unpaired) electrons. The summed E-state index contributed by atoms with van der Waals surface area (Å²) in [5.74, 6) is 1.57. The minimum Gasteiger partial charge on any atom is -0.356 e. The summed E-state index contributed by atoms with van der Waals surface area (Å²) in [6.45, 7) is 4.86. The van der Waals surface area contributed by atoms with E-state index in [2.05, 4.69) is 56.9 Å². The van der Waals surface area contributed by atoms with Gasteiger partial charge in [0.25, 0.3) is 0 Å². The maximum absolute atomic E-state index is 4.35. The molecule has 1 unspecified atom stereocenters. The fourth-order valence-corrected chi connectivity index (χ4v) is 3.29. The summed E-state index contributed by atoms with van der Waals surface area (Å²) in [5, 5.41) is 11.2. The fourth-order valence-electron chi connectivity index (χ4n) is 3.29. The Morgan fingerprint density at radius 3 is 2.76 bits per heavy atom. The van der Waals surface area contributed by atoms with Crippen LogP contribution < -0.4 is 10.6 Å². The Morgan fingerprint density at radius 2 is 2.08 bits per heavy atom. The molecule has 1 aromatic heterocycles. The molecule has 1 atom stereocenters. The molecule has 134 valence electrons. The molecule has 1 fully saturated rings. The first-order valence-corrected chi connectivity index (χ1v) is 8.92. The van der Waals surface area contributed by atoms with Crippen LogP contribution in [0, 0.1) is 5.92 Å². The molecule has 6 nitrogen and oxygen atoms in total. The average Bonchev–Trinajstić information content (AvgIpc) is 3.28. The molecule has 1 aliphatic rings. The van der Waals surface area contributed by atoms with Crippen molar-refractivity contribution in [3.63, 3.8) is 0 Å². The predicted octanol–water partition coefficient (Wildman–Crippen LogP) is 1.55. The third kappa shape index (κ3) is 5.06. The molecule has 25 heavy (non-hydrogen) atoms. The molecule has 2 aromatic rings. The van der Waals surface area contributed by atoms with Gasteiger partial charge in [0.1, 0.15) is 0 Å². The van der Waals surface area contributed by atoms with Crippen LogP contribution in [0.4, 0.5) is 0 Å². The normalized spacial score (nSPS) is 18.5. The van der Waals surface area contributed by atoms with Crippen LogP contribution in [0.3, 0.4) is 0 Å². The summed E-state index contributed by atoms with van der Waals surface area (Å²) in [7, 11) is 4.01. The van der Waals surface area contributed by atoms with Gasteiger partial charge in [0.05, 0.1) is 6.54 Å². The van der Waals surface area contributed by atoms with Crippen LogP contribution >= 0.6 is 0 Å². The van der Waals surface area contributed by atoms with E-state index < -0.39 is 0 Å². The number of aliphatic imine (C=N–C) groups is 1. The van der Waals surface area contributed by atoms with Crippen molar-refractivity contribution in [1.29, 1.82) is 0 Å². The van der Waals surface area contributed by atoms with Crippen molar-refractivity contribution in [3.05, 3.63) is 53.9 Å². The van der Waals surface area contributed by atoms with Crippen molar-refractivity contribution in [2.75, 3.05) is 33.7 Å². The molecule has 2 heterocycles. The molecule has 0 aliphatic carbocycles. The monoisotopic (exact) mass is 340 g/mol. The van der Waals surface area contributed by atoms with Crippen molar-refractivity contribution in [1.82, 2.24) is 25.3 Å². The second-order valence-electron chi connectivity index (χ2n) is 6.70. The highest BCUT2D eigenvalue weighted by Crippen LogP contribution is 2.13. The molecule has 3 rings (SSSR count). The molecule has 0 spiro atoms. The third-order valence-corrected chi connectivity index (χ3v) is 4.73. The first kappa shape index (κ1) is 17.5. The van der Waals surface area contributed by atoms with Crippen LogP contribution in [0.15, 0.2) is 47.7 Å². The lowest BCUT2D eigenvalue weighted by atomic mass is 10.1. The van der Waals surface area contributed by atoms with E-state index in [0.29, 0.717) is 5.92 Å². The first-order valence-electron chi connectivity index (χ1n) is 8.92. The highest BCUT2D eigenvalue weighted by molar-refractivity contribution is 5.79. The highest BCUT2D eigenvalue weighted by Gasteiger charge is 2.19. The molecule has 0 saturated carbocycles. The van der Waals surface area contributed by atoms with Crippen LogP contribution in [-0.4, -0.2) is 54.4 Å². The first-order chi connectivity index (χ1) is 12.2. The van der Waals surface area contributed by atoms with Gasteiger partial charge in [0.2, 0.25) is 0 Å². The zero-order valence-electron chi connectivity index (χ0n) is 15.2. The maximum atomic E-state index is 4.35. The minimum atomic E-state index is 0.704. The Labute approximate surface area is 149 Å². The number of rotatable bonds is 6. The number of nitrogens with one attached hydrogen (secondary N) is 2. The lowest BCUT2D eigenvalue weighted by Crippen LogP contribution is -2.40. The van der Waals surface area contributed by atoms with Gasteiger partial charge in [-0.05, 0) is 43.1 Å². The largest absolute Gasteiger partial charge is 0.356 e. The summed E-state index contributed by atoms with van der Waals surface area (Å²) in [4.78, 5) is 6.73. The minimum absolute atomic E-state index is 0.704. The van der Waals surface area contributed by atoms with Gasteiger partial charge in [-0.2, -0.15) is 5.10 Å². The molecule has 0 amide bonds. The van der Waals surface area contributed by atoms with Gasteiger partial charge >= 0.3 is 0 Å². The van der Waals surface area contributed by atoms with E-state index in [1.165, 1.54) is 24.1 Å². The summed E-state index contributed by atoms with van der Waals surface area (Å²) in [6, 6.07) is 10.4. The second-order valence-corrected chi connectivity index (χ2v) is 6.70. The Kier molecular flexibility index (Phi) is 6.06. The van der Waals surface area contributed by atoms with Crippen LogP contribution in [-0.2, 0) is 13.1 Å². The van der Waals surface area contributed by atoms with Crippen LogP contribution in [0.2, 0.25) is 0 Å². The number of aromatic nitrogens is 2. The molecule has 1 aliphatic heterocycles. The van der Waals surface area contributed by atoms with Crippen molar-refractivity contribution in [3.8, 4) is 0 Å². The predicted molar refractivity (Wildman–Crippen MR) is 102 cm³/mol. The van der Waals surface area contributed by atoms with Gasteiger partial charge in [0, 0.05) is 39.1 Å². The smallest absolute Gasteiger partial charge is 0.191 e. The molecule has 2 N–H and O–H groups in total. The second kappa shape index (κ2) is 8.67. The number of guanidine groups is 1. The summed E-state index contributed by atoms with van der Waals surface area (Å²) < 4.78 is 1.95. The topological polar surface area (TPSA) is 57.5 Å². The quantitative estimate of drug-likeness (QED) is 0.619. The Balaban J connectivity index is 1.53. The van der Waals surface area contributed by atoms with Crippen molar-refractivity contribution in [2.24, 2.45) is 10.9 Å². The van der Waals surface area contributed by atoms with E-state index in [9.17, 15) is 0 Å². The molecule has 1 aromatic carbocycles.